The first-order chi connectivity index (χ1) is 12.2. The van der Waals surface area contributed by atoms with Crippen LogP contribution in [0.4, 0.5) is 0 Å². The van der Waals surface area contributed by atoms with Gasteiger partial charge in [0.1, 0.15) is 0 Å². The van der Waals surface area contributed by atoms with Crippen molar-refractivity contribution in [3.8, 4) is 0 Å². The molecule has 0 unspecified atom stereocenters. The second kappa shape index (κ2) is 11.0. The number of carbonyl (C=O) groups is 1. The molecule has 0 radical (unpaired) electrons. The van der Waals surface area contributed by atoms with Crippen LogP contribution in [0.25, 0.3) is 0 Å². The summed E-state index contributed by atoms with van der Waals surface area (Å²) in [4.78, 5) is 19.1. The predicted molar refractivity (Wildman–Crippen MR) is 122 cm³/mol. The molecule has 1 spiro atoms. The molecular formula is C19H35IN4OS. The first-order valence-corrected chi connectivity index (χ1v) is 11.2. The van der Waals surface area contributed by atoms with Crippen molar-refractivity contribution in [2.45, 2.75) is 75.5 Å². The van der Waals surface area contributed by atoms with E-state index >= 15 is 0 Å². The smallest absolute Gasteiger partial charge is 0.220 e. The molecule has 3 fully saturated rings. The summed E-state index contributed by atoms with van der Waals surface area (Å²) < 4.78 is 0.455. The first-order valence-electron chi connectivity index (χ1n) is 10.2. The summed E-state index contributed by atoms with van der Waals surface area (Å²) >= 11 is 2.19. The molecule has 0 aromatic carbocycles. The molecule has 2 aliphatic carbocycles. The molecule has 26 heavy (non-hydrogen) atoms. The minimum atomic E-state index is 0. The maximum atomic E-state index is 11.8. The Bertz CT molecular complexity index is 473. The van der Waals surface area contributed by atoms with Crippen LogP contribution in [0.1, 0.15) is 64.7 Å². The molecule has 2 N–H and O–H groups in total. The fourth-order valence-electron chi connectivity index (χ4n) is 3.90. The maximum absolute atomic E-state index is 11.8. The molecule has 0 atom stereocenters. The lowest BCUT2D eigenvalue weighted by molar-refractivity contribution is -0.121. The molecule has 2 saturated carbocycles. The highest BCUT2D eigenvalue weighted by Gasteiger charge is 2.38. The van der Waals surface area contributed by atoms with Crippen LogP contribution in [-0.4, -0.2) is 59.5 Å². The average Bonchev–Trinajstić information content (AvgIpc) is 3.42. The van der Waals surface area contributed by atoms with Crippen molar-refractivity contribution in [3.05, 3.63) is 0 Å². The number of guanidine groups is 1. The van der Waals surface area contributed by atoms with Crippen LogP contribution in [0.5, 0.6) is 0 Å². The van der Waals surface area contributed by atoms with Gasteiger partial charge in [0.15, 0.2) is 5.96 Å². The van der Waals surface area contributed by atoms with Gasteiger partial charge in [-0.1, -0.05) is 19.3 Å². The number of halogens is 1. The Kier molecular flexibility index (Phi) is 9.33. The average molecular weight is 494 g/mol. The Morgan fingerprint density at radius 3 is 2.73 bits per heavy atom. The van der Waals surface area contributed by atoms with Gasteiger partial charge in [0, 0.05) is 49.1 Å². The van der Waals surface area contributed by atoms with Gasteiger partial charge in [-0.15, -0.1) is 24.0 Å². The molecule has 0 aromatic heterocycles. The Hall–Kier alpha value is -0.180. The van der Waals surface area contributed by atoms with E-state index < -0.39 is 0 Å². The van der Waals surface area contributed by atoms with Gasteiger partial charge in [-0.3, -0.25) is 9.79 Å². The predicted octanol–water partition coefficient (Wildman–Crippen LogP) is 3.38. The molecule has 3 rings (SSSR count). The van der Waals surface area contributed by atoms with E-state index in [2.05, 4.69) is 34.2 Å². The van der Waals surface area contributed by atoms with Crippen molar-refractivity contribution in [1.82, 2.24) is 15.5 Å². The van der Waals surface area contributed by atoms with E-state index in [0.717, 1.165) is 51.4 Å². The molecule has 0 aromatic rings. The maximum Gasteiger partial charge on any atom is 0.220 e. The van der Waals surface area contributed by atoms with E-state index in [1.807, 2.05) is 0 Å². The number of carbonyl (C=O) groups excluding carboxylic acids is 1. The number of thioether (sulfide) groups is 1. The monoisotopic (exact) mass is 494 g/mol. The van der Waals surface area contributed by atoms with E-state index in [4.69, 9.17) is 4.99 Å². The van der Waals surface area contributed by atoms with Crippen molar-refractivity contribution in [2.24, 2.45) is 4.99 Å². The normalized spacial score (nSPS) is 22.7. The van der Waals surface area contributed by atoms with Crippen molar-refractivity contribution in [2.75, 3.05) is 31.9 Å². The molecule has 5 nitrogen and oxygen atoms in total. The molecule has 1 amide bonds. The van der Waals surface area contributed by atoms with Crippen LogP contribution in [0.15, 0.2) is 4.99 Å². The summed E-state index contributed by atoms with van der Waals surface area (Å²) in [7, 11) is 0. The summed E-state index contributed by atoms with van der Waals surface area (Å²) in [6.45, 7) is 5.98. The highest BCUT2D eigenvalue weighted by Crippen LogP contribution is 2.42. The van der Waals surface area contributed by atoms with Crippen LogP contribution in [-0.2, 0) is 4.79 Å². The van der Waals surface area contributed by atoms with E-state index in [1.54, 1.807) is 0 Å². The molecule has 1 saturated heterocycles. The molecule has 150 valence electrons. The molecule has 7 heteroatoms. The van der Waals surface area contributed by atoms with E-state index in [1.165, 1.54) is 37.9 Å². The summed E-state index contributed by atoms with van der Waals surface area (Å²) in [5.74, 6) is 2.45. The van der Waals surface area contributed by atoms with Crippen molar-refractivity contribution < 1.29 is 4.79 Å². The van der Waals surface area contributed by atoms with E-state index in [-0.39, 0.29) is 29.9 Å². The van der Waals surface area contributed by atoms with E-state index in [0.29, 0.717) is 17.2 Å². The van der Waals surface area contributed by atoms with Crippen LogP contribution in [0.3, 0.4) is 0 Å². The number of nitrogens with one attached hydrogen (secondary N) is 2. The highest BCUT2D eigenvalue weighted by atomic mass is 127. The Labute approximate surface area is 179 Å². The number of amides is 1. The summed E-state index contributed by atoms with van der Waals surface area (Å²) in [5.41, 5.74) is 0. The van der Waals surface area contributed by atoms with Crippen LogP contribution in [0, 0.1) is 0 Å². The van der Waals surface area contributed by atoms with Gasteiger partial charge in [0.25, 0.3) is 0 Å². The zero-order valence-corrected chi connectivity index (χ0v) is 19.2. The minimum Gasteiger partial charge on any atom is -0.357 e. The second-order valence-electron chi connectivity index (χ2n) is 7.69. The zero-order chi connectivity index (χ0) is 17.5. The van der Waals surface area contributed by atoms with Gasteiger partial charge in [-0.25, -0.2) is 0 Å². The number of rotatable bonds is 6. The SMILES string of the molecule is CCNC(=NCCCC(=O)NC1CC1)N1CCSC2(CCCCC2)C1.I. The topological polar surface area (TPSA) is 56.7 Å². The highest BCUT2D eigenvalue weighted by molar-refractivity contribution is 14.0. The third kappa shape index (κ3) is 6.77. The molecule has 1 heterocycles. The van der Waals surface area contributed by atoms with Crippen molar-refractivity contribution in [1.29, 1.82) is 0 Å². The standard InChI is InChI=1S/C19H34N4OS.HI/c1-2-20-18(21-12-6-7-17(24)22-16-8-9-16)23-13-14-25-19(15-23)10-4-3-5-11-19;/h16H,2-15H2,1H3,(H,20,21)(H,22,24);1H. The van der Waals surface area contributed by atoms with Gasteiger partial charge in [-0.05, 0) is 39.0 Å². The molecular weight excluding hydrogens is 459 g/mol. The third-order valence-electron chi connectivity index (χ3n) is 5.41. The minimum absolute atomic E-state index is 0. The molecule has 1 aliphatic heterocycles. The number of nitrogens with zero attached hydrogens (tertiary/aromatic N) is 2. The van der Waals surface area contributed by atoms with Crippen LogP contribution in [0.2, 0.25) is 0 Å². The van der Waals surface area contributed by atoms with Gasteiger partial charge in [0.05, 0.1) is 0 Å². The number of aliphatic imine (C=N–C) groups is 1. The Morgan fingerprint density at radius 2 is 2.04 bits per heavy atom. The third-order valence-corrected chi connectivity index (χ3v) is 6.95. The fraction of sp³-hybridized carbons (Fsp3) is 0.895. The number of hydrogen-bond donors (Lipinski definition) is 2. The Morgan fingerprint density at radius 1 is 1.27 bits per heavy atom. The Balaban J connectivity index is 0.00000243. The van der Waals surface area contributed by atoms with Crippen molar-refractivity contribution in [3.63, 3.8) is 0 Å². The summed E-state index contributed by atoms with van der Waals surface area (Å²) in [5, 5.41) is 6.52. The largest absolute Gasteiger partial charge is 0.357 e. The lowest BCUT2D eigenvalue weighted by atomic mass is 9.87. The van der Waals surface area contributed by atoms with Crippen molar-refractivity contribution >= 4 is 47.6 Å². The zero-order valence-electron chi connectivity index (χ0n) is 16.1. The second-order valence-corrected chi connectivity index (χ2v) is 9.26. The van der Waals surface area contributed by atoms with E-state index in [9.17, 15) is 4.79 Å². The molecule has 3 aliphatic rings. The van der Waals surface area contributed by atoms with Crippen LogP contribution >= 0.6 is 35.7 Å². The first kappa shape index (κ1) is 22.1. The quantitative estimate of drug-likeness (QED) is 0.257. The van der Waals surface area contributed by atoms with Gasteiger partial charge in [0.2, 0.25) is 5.91 Å². The summed E-state index contributed by atoms with van der Waals surface area (Å²) in [6, 6.07) is 0.464. The lowest BCUT2D eigenvalue weighted by Crippen LogP contribution is -2.53. The van der Waals surface area contributed by atoms with Crippen LogP contribution < -0.4 is 10.6 Å². The molecule has 0 bridgehead atoms. The van der Waals surface area contributed by atoms with Gasteiger partial charge < -0.3 is 15.5 Å². The van der Waals surface area contributed by atoms with Gasteiger partial charge >= 0.3 is 0 Å². The lowest BCUT2D eigenvalue weighted by Gasteiger charge is -2.45. The van der Waals surface area contributed by atoms with Gasteiger partial charge in [-0.2, -0.15) is 11.8 Å². The number of hydrogen-bond acceptors (Lipinski definition) is 3. The summed E-state index contributed by atoms with van der Waals surface area (Å²) in [6.07, 6.45) is 10.6. The fourth-order valence-corrected chi connectivity index (χ4v) is 5.47.